The van der Waals surface area contributed by atoms with Crippen LogP contribution in [0.1, 0.15) is 42.2 Å². The first-order chi connectivity index (χ1) is 16.0. The van der Waals surface area contributed by atoms with Crippen LogP contribution in [-0.2, 0) is 0 Å². The minimum Gasteiger partial charge on any atom is -0.504 e. The number of aliphatic imine (C=N–C) groups is 1. The summed E-state index contributed by atoms with van der Waals surface area (Å²) in [6, 6.07) is 19.2. The number of phenolic OH excluding ortho intramolecular Hbond substituents is 1. The zero-order valence-electron chi connectivity index (χ0n) is 18.8. The molecule has 0 radical (unpaired) electrons. The highest BCUT2D eigenvalue weighted by molar-refractivity contribution is 9.10. The summed E-state index contributed by atoms with van der Waals surface area (Å²) < 4.78 is 17.2. The number of phenols is 1. The molecular weight excluding hydrogens is 484 g/mol. The van der Waals surface area contributed by atoms with E-state index in [2.05, 4.69) is 21.2 Å². The molecule has 2 atom stereocenters. The van der Waals surface area contributed by atoms with Gasteiger partial charge in [0.15, 0.2) is 11.5 Å². The highest BCUT2D eigenvalue weighted by atomic mass is 79.9. The fourth-order valence-corrected chi connectivity index (χ4v) is 4.54. The van der Waals surface area contributed by atoms with Gasteiger partial charge in [-0.1, -0.05) is 18.2 Å². The van der Waals surface area contributed by atoms with Crippen LogP contribution in [0.4, 0.5) is 0 Å². The second kappa shape index (κ2) is 10.3. The highest BCUT2D eigenvalue weighted by Crippen LogP contribution is 2.39. The van der Waals surface area contributed by atoms with Crippen molar-refractivity contribution >= 4 is 21.6 Å². The average Bonchev–Trinajstić information content (AvgIpc) is 2.85. The molecule has 7 heteroatoms. The molecule has 1 aliphatic heterocycles. The van der Waals surface area contributed by atoms with Crippen molar-refractivity contribution in [3.05, 3.63) is 81.8 Å². The van der Waals surface area contributed by atoms with E-state index in [1.807, 2.05) is 61.5 Å². The largest absolute Gasteiger partial charge is 0.504 e. The number of para-hydroxylation sites is 1. The summed E-state index contributed by atoms with van der Waals surface area (Å²) in [6.07, 6.45) is 0.307. The van der Waals surface area contributed by atoms with E-state index in [-0.39, 0.29) is 18.0 Å². The molecule has 0 spiro atoms. The number of halogens is 1. The van der Waals surface area contributed by atoms with Crippen molar-refractivity contribution < 1.29 is 19.3 Å². The van der Waals surface area contributed by atoms with Gasteiger partial charge in [-0.2, -0.15) is 0 Å². The molecule has 3 aromatic rings. The lowest BCUT2D eigenvalue weighted by Gasteiger charge is -2.31. The van der Waals surface area contributed by atoms with Gasteiger partial charge in [-0.25, -0.2) is 0 Å². The van der Waals surface area contributed by atoms with Crippen molar-refractivity contribution in [2.75, 3.05) is 20.8 Å². The first kappa shape index (κ1) is 23.1. The fraction of sp³-hybridized carbons (Fsp3) is 0.269. The van der Waals surface area contributed by atoms with Crippen LogP contribution >= 0.6 is 15.9 Å². The maximum Gasteiger partial charge on any atom is 0.162 e. The standard InChI is InChI=1S/C26H27BrN2O4/c1-4-33-24-7-5-6-19(25(24)30)22-15-21(16-8-11-18(31-2)12-9-16)28-26(29-22)17-10-13-23(32-3)20(27)14-17/h5-14,22,26,29-30H,4,15H2,1-3H3/t22-,26+/m1/s1. The summed E-state index contributed by atoms with van der Waals surface area (Å²) >= 11 is 3.58. The topological polar surface area (TPSA) is 72.3 Å². The van der Waals surface area contributed by atoms with Gasteiger partial charge in [0.25, 0.3) is 0 Å². The fourth-order valence-electron chi connectivity index (χ4n) is 3.98. The molecule has 0 bridgehead atoms. The summed E-state index contributed by atoms with van der Waals surface area (Å²) in [5.74, 6) is 2.19. The van der Waals surface area contributed by atoms with Crippen LogP contribution in [-0.4, -0.2) is 31.6 Å². The number of ether oxygens (including phenoxy) is 3. The molecule has 6 nitrogen and oxygen atoms in total. The Morgan fingerprint density at radius 3 is 2.48 bits per heavy atom. The molecule has 0 amide bonds. The van der Waals surface area contributed by atoms with Gasteiger partial charge in [0.1, 0.15) is 17.7 Å². The van der Waals surface area contributed by atoms with Crippen molar-refractivity contribution in [3.8, 4) is 23.0 Å². The van der Waals surface area contributed by atoms with Gasteiger partial charge in [-0.05, 0) is 76.4 Å². The molecule has 0 saturated heterocycles. The number of benzene rings is 3. The Labute approximate surface area is 202 Å². The Kier molecular flexibility index (Phi) is 7.20. The maximum absolute atomic E-state index is 10.9. The lowest BCUT2D eigenvalue weighted by Crippen LogP contribution is -2.33. The van der Waals surface area contributed by atoms with Gasteiger partial charge >= 0.3 is 0 Å². The Morgan fingerprint density at radius 1 is 1.03 bits per heavy atom. The van der Waals surface area contributed by atoms with E-state index in [4.69, 9.17) is 19.2 Å². The van der Waals surface area contributed by atoms with E-state index in [1.54, 1.807) is 20.3 Å². The van der Waals surface area contributed by atoms with Crippen LogP contribution in [0, 0.1) is 0 Å². The van der Waals surface area contributed by atoms with E-state index in [0.29, 0.717) is 18.8 Å². The van der Waals surface area contributed by atoms with Crippen LogP contribution in [0.3, 0.4) is 0 Å². The van der Waals surface area contributed by atoms with Crippen LogP contribution in [0.2, 0.25) is 0 Å². The molecule has 1 aliphatic rings. The van der Waals surface area contributed by atoms with Crippen molar-refractivity contribution in [1.29, 1.82) is 0 Å². The van der Waals surface area contributed by atoms with Crippen molar-refractivity contribution in [2.24, 2.45) is 4.99 Å². The lowest BCUT2D eigenvalue weighted by atomic mass is 9.93. The van der Waals surface area contributed by atoms with Crippen LogP contribution in [0.5, 0.6) is 23.0 Å². The minimum atomic E-state index is -0.307. The maximum atomic E-state index is 10.9. The third-order valence-corrected chi connectivity index (χ3v) is 6.28. The summed E-state index contributed by atoms with van der Waals surface area (Å²) in [7, 11) is 3.29. The normalized spacial score (nSPS) is 17.9. The molecule has 0 aromatic heterocycles. The molecule has 1 heterocycles. The van der Waals surface area contributed by atoms with Crippen LogP contribution in [0.15, 0.2) is 70.1 Å². The number of rotatable bonds is 7. The molecule has 4 rings (SSSR count). The molecule has 33 heavy (non-hydrogen) atoms. The summed E-state index contributed by atoms with van der Waals surface area (Å²) in [4.78, 5) is 5.03. The quantitative estimate of drug-likeness (QED) is 0.420. The van der Waals surface area contributed by atoms with Gasteiger partial charge in [0.2, 0.25) is 0 Å². The van der Waals surface area contributed by atoms with Crippen molar-refractivity contribution in [2.45, 2.75) is 25.6 Å². The molecule has 172 valence electrons. The molecule has 0 fully saturated rings. The second-order valence-corrected chi connectivity index (χ2v) is 8.51. The Hall–Kier alpha value is -3.03. The number of hydrogen-bond acceptors (Lipinski definition) is 6. The Balaban J connectivity index is 1.75. The van der Waals surface area contributed by atoms with Gasteiger partial charge in [-0.3, -0.25) is 10.3 Å². The average molecular weight is 511 g/mol. The first-order valence-electron chi connectivity index (χ1n) is 10.8. The zero-order chi connectivity index (χ0) is 23.4. The van der Waals surface area contributed by atoms with E-state index in [1.165, 1.54) is 0 Å². The van der Waals surface area contributed by atoms with Gasteiger partial charge in [0.05, 0.1) is 25.3 Å². The van der Waals surface area contributed by atoms with Gasteiger partial charge in [-0.15, -0.1) is 0 Å². The van der Waals surface area contributed by atoms with E-state index >= 15 is 0 Å². The van der Waals surface area contributed by atoms with Crippen LogP contribution < -0.4 is 19.5 Å². The first-order valence-corrected chi connectivity index (χ1v) is 11.6. The number of nitrogens with one attached hydrogen (secondary N) is 1. The number of aromatic hydroxyl groups is 1. The van der Waals surface area contributed by atoms with E-state index in [9.17, 15) is 5.11 Å². The smallest absolute Gasteiger partial charge is 0.162 e. The predicted molar refractivity (Wildman–Crippen MR) is 133 cm³/mol. The number of methoxy groups -OCH3 is 2. The number of hydrogen-bond donors (Lipinski definition) is 2. The van der Waals surface area contributed by atoms with E-state index in [0.717, 1.165) is 38.4 Å². The SMILES string of the molecule is CCOc1cccc([C@H]2CC(c3ccc(OC)cc3)=N[C@H](c3ccc(OC)c(Br)c3)N2)c1O. The Morgan fingerprint density at radius 2 is 1.82 bits per heavy atom. The van der Waals surface area contributed by atoms with Gasteiger partial charge < -0.3 is 19.3 Å². The summed E-state index contributed by atoms with van der Waals surface area (Å²) in [6.45, 7) is 2.38. The predicted octanol–water partition coefficient (Wildman–Crippen LogP) is 5.79. The number of nitrogens with zero attached hydrogens (tertiary/aromatic N) is 1. The molecular formula is C26H27BrN2O4. The monoisotopic (exact) mass is 510 g/mol. The third-order valence-electron chi connectivity index (χ3n) is 5.66. The minimum absolute atomic E-state index is 0.155. The zero-order valence-corrected chi connectivity index (χ0v) is 20.4. The van der Waals surface area contributed by atoms with Crippen LogP contribution in [0.25, 0.3) is 0 Å². The van der Waals surface area contributed by atoms with E-state index < -0.39 is 0 Å². The van der Waals surface area contributed by atoms with Gasteiger partial charge in [0, 0.05) is 23.7 Å². The lowest BCUT2D eigenvalue weighted by molar-refractivity contribution is 0.313. The highest BCUT2D eigenvalue weighted by Gasteiger charge is 2.29. The summed E-state index contributed by atoms with van der Waals surface area (Å²) in [5, 5.41) is 14.5. The molecule has 0 saturated carbocycles. The molecule has 0 aliphatic carbocycles. The Bertz CT molecular complexity index is 1150. The second-order valence-electron chi connectivity index (χ2n) is 7.65. The van der Waals surface area contributed by atoms with Crippen molar-refractivity contribution in [3.63, 3.8) is 0 Å². The molecule has 3 aromatic carbocycles. The molecule has 0 unspecified atom stereocenters. The summed E-state index contributed by atoms with van der Waals surface area (Å²) in [5.41, 5.74) is 3.72. The molecule has 2 N–H and O–H groups in total. The van der Waals surface area contributed by atoms with Crippen molar-refractivity contribution in [1.82, 2.24) is 5.32 Å². The third kappa shape index (κ3) is 4.99.